The molecule has 2 rings (SSSR count). The van der Waals surface area contributed by atoms with E-state index < -0.39 is 6.09 Å². The molecular formula is C14H16N2O3. The standard InChI is InChI=1S/C14H16N2O3/c1-9-7-13(19-14(17)16(2)3)11-8-10(18-4)5-6-12(11)15-9/h5-8H,1-4H3. The molecule has 0 aliphatic carbocycles. The van der Waals surface area contributed by atoms with E-state index in [1.807, 2.05) is 19.1 Å². The van der Waals surface area contributed by atoms with Crippen molar-refractivity contribution in [1.29, 1.82) is 0 Å². The molecule has 1 aromatic carbocycles. The van der Waals surface area contributed by atoms with Crippen molar-refractivity contribution in [1.82, 2.24) is 9.88 Å². The first-order valence-corrected chi connectivity index (χ1v) is 5.86. The number of hydrogen-bond acceptors (Lipinski definition) is 4. The molecule has 0 unspecified atom stereocenters. The van der Waals surface area contributed by atoms with E-state index in [0.29, 0.717) is 11.5 Å². The van der Waals surface area contributed by atoms with E-state index >= 15 is 0 Å². The number of pyridine rings is 1. The average molecular weight is 260 g/mol. The minimum atomic E-state index is -0.422. The number of carbonyl (C=O) groups excluding carboxylic acids is 1. The van der Waals surface area contributed by atoms with Crippen LogP contribution in [0.2, 0.25) is 0 Å². The Morgan fingerprint density at radius 1 is 1.26 bits per heavy atom. The maximum absolute atomic E-state index is 11.7. The number of aryl methyl sites for hydroxylation is 1. The lowest BCUT2D eigenvalue weighted by atomic mass is 10.1. The lowest BCUT2D eigenvalue weighted by molar-refractivity contribution is 0.172. The van der Waals surface area contributed by atoms with Crippen molar-refractivity contribution in [2.75, 3.05) is 21.2 Å². The molecule has 5 nitrogen and oxygen atoms in total. The van der Waals surface area contributed by atoms with Gasteiger partial charge in [0.1, 0.15) is 11.5 Å². The number of nitrogens with zero attached hydrogens (tertiary/aromatic N) is 2. The number of methoxy groups -OCH3 is 1. The van der Waals surface area contributed by atoms with E-state index in [0.717, 1.165) is 16.6 Å². The molecule has 0 fully saturated rings. The second-order valence-corrected chi connectivity index (χ2v) is 4.41. The van der Waals surface area contributed by atoms with Gasteiger partial charge in [0.05, 0.1) is 12.6 Å². The highest BCUT2D eigenvalue weighted by Gasteiger charge is 2.12. The van der Waals surface area contributed by atoms with Crippen LogP contribution in [0.4, 0.5) is 4.79 Å². The summed E-state index contributed by atoms with van der Waals surface area (Å²) in [5.74, 6) is 1.18. The summed E-state index contributed by atoms with van der Waals surface area (Å²) in [6.07, 6.45) is -0.422. The number of rotatable bonds is 2. The molecule has 1 aromatic heterocycles. The average Bonchev–Trinajstić information content (AvgIpc) is 2.38. The van der Waals surface area contributed by atoms with Crippen LogP contribution >= 0.6 is 0 Å². The fourth-order valence-corrected chi connectivity index (χ4v) is 1.70. The quantitative estimate of drug-likeness (QED) is 0.832. The number of fused-ring (bicyclic) bond motifs is 1. The Morgan fingerprint density at radius 2 is 2.00 bits per heavy atom. The van der Waals surface area contributed by atoms with Gasteiger partial charge in [0.25, 0.3) is 0 Å². The number of benzene rings is 1. The molecule has 0 aliphatic heterocycles. The third-order valence-corrected chi connectivity index (χ3v) is 2.67. The fraction of sp³-hybridized carbons (Fsp3) is 0.286. The summed E-state index contributed by atoms with van der Waals surface area (Å²) in [4.78, 5) is 17.5. The van der Waals surface area contributed by atoms with Crippen LogP contribution in [0.3, 0.4) is 0 Å². The van der Waals surface area contributed by atoms with E-state index in [1.54, 1.807) is 33.3 Å². The van der Waals surface area contributed by atoms with Crippen molar-refractivity contribution < 1.29 is 14.3 Å². The molecule has 1 heterocycles. The van der Waals surface area contributed by atoms with Crippen molar-refractivity contribution in [3.63, 3.8) is 0 Å². The van der Waals surface area contributed by atoms with Crippen LogP contribution in [0.5, 0.6) is 11.5 Å². The molecule has 0 saturated heterocycles. The van der Waals surface area contributed by atoms with Gasteiger partial charge in [0.15, 0.2) is 0 Å². The molecule has 0 saturated carbocycles. The second-order valence-electron chi connectivity index (χ2n) is 4.41. The zero-order valence-corrected chi connectivity index (χ0v) is 11.4. The largest absolute Gasteiger partial charge is 0.497 e. The van der Waals surface area contributed by atoms with Gasteiger partial charge in [-0.1, -0.05) is 0 Å². The lowest BCUT2D eigenvalue weighted by Crippen LogP contribution is -2.25. The predicted octanol–water partition coefficient (Wildman–Crippen LogP) is 2.61. The molecule has 0 N–H and O–H groups in total. The zero-order valence-electron chi connectivity index (χ0n) is 11.4. The first kappa shape index (κ1) is 13.1. The summed E-state index contributed by atoms with van der Waals surface area (Å²) >= 11 is 0. The Morgan fingerprint density at radius 3 is 2.63 bits per heavy atom. The van der Waals surface area contributed by atoms with Crippen LogP contribution in [0.15, 0.2) is 24.3 Å². The zero-order chi connectivity index (χ0) is 14.0. The van der Waals surface area contributed by atoms with Crippen molar-refractivity contribution >= 4 is 17.0 Å². The highest BCUT2D eigenvalue weighted by atomic mass is 16.6. The molecule has 0 bridgehead atoms. The summed E-state index contributed by atoms with van der Waals surface area (Å²) in [7, 11) is 4.87. The molecule has 0 spiro atoms. The SMILES string of the molecule is COc1ccc2nc(C)cc(OC(=O)N(C)C)c2c1. The Kier molecular flexibility index (Phi) is 3.55. The third kappa shape index (κ3) is 2.76. The van der Waals surface area contributed by atoms with Gasteiger partial charge < -0.3 is 14.4 Å². The molecule has 5 heteroatoms. The molecule has 0 aliphatic rings. The van der Waals surface area contributed by atoms with Crippen molar-refractivity contribution in [3.8, 4) is 11.5 Å². The van der Waals surface area contributed by atoms with Gasteiger partial charge in [-0.3, -0.25) is 4.98 Å². The number of carbonyl (C=O) groups is 1. The van der Waals surface area contributed by atoms with E-state index in [1.165, 1.54) is 4.90 Å². The highest BCUT2D eigenvalue weighted by molar-refractivity contribution is 5.88. The van der Waals surface area contributed by atoms with Crippen LogP contribution in [-0.4, -0.2) is 37.2 Å². The third-order valence-electron chi connectivity index (χ3n) is 2.67. The van der Waals surface area contributed by atoms with Gasteiger partial charge in [-0.15, -0.1) is 0 Å². The fourth-order valence-electron chi connectivity index (χ4n) is 1.70. The van der Waals surface area contributed by atoms with Gasteiger partial charge in [-0.05, 0) is 25.1 Å². The number of aromatic nitrogens is 1. The molecule has 2 aromatic rings. The maximum atomic E-state index is 11.7. The number of hydrogen-bond donors (Lipinski definition) is 0. The summed E-state index contributed by atoms with van der Waals surface area (Å²) in [6, 6.07) is 7.21. The minimum Gasteiger partial charge on any atom is -0.497 e. The Hall–Kier alpha value is -2.30. The summed E-state index contributed by atoms with van der Waals surface area (Å²) in [5, 5.41) is 0.750. The van der Waals surface area contributed by atoms with Gasteiger partial charge in [-0.2, -0.15) is 0 Å². The summed E-state index contributed by atoms with van der Waals surface area (Å²) in [6.45, 7) is 1.86. The van der Waals surface area contributed by atoms with Crippen molar-refractivity contribution in [3.05, 3.63) is 30.0 Å². The second kappa shape index (κ2) is 5.14. The predicted molar refractivity (Wildman–Crippen MR) is 72.7 cm³/mol. The highest BCUT2D eigenvalue weighted by Crippen LogP contribution is 2.29. The van der Waals surface area contributed by atoms with Gasteiger partial charge in [0, 0.05) is 31.2 Å². The molecule has 1 amide bonds. The monoisotopic (exact) mass is 260 g/mol. The van der Waals surface area contributed by atoms with E-state index in [-0.39, 0.29) is 0 Å². The molecule has 100 valence electrons. The Balaban J connectivity index is 2.54. The molecule has 0 radical (unpaired) electrons. The summed E-state index contributed by atoms with van der Waals surface area (Å²) < 4.78 is 10.5. The number of ether oxygens (including phenoxy) is 2. The van der Waals surface area contributed by atoms with E-state index in [2.05, 4.69) is 4.98 Å². The van der Waals surface area contributed by atoms with E-state index in [9.17, 15) is 4.79 Å². The van der Waals surface area contributed by atoms with Crippen molar-refractivity contribution in [2.24, 2.45) is 0 Å². The molecule has 19 heavy (non-hydrogen) atoms. The van der Waals surface area contributed by atoms with Crippen LogP contribution in [-0.2, 0) is 0 Å². The Bertz CT molecular complexity index is 623. The van der Waals surface area contributed by atoms with Crippen LogP contribution in [0, 0.1) is 6.92 Å². The molecular weight excluding hydrogens is 244 g/mol. The van der Waals surface area contributed by atoms with Gasteiger partial charge in [0.2, 0.25) is 0 Å². The summed E-state index contributed by atoms with van der Waals surface area (Å²) in [5.41, 5.74) is 1.56. The van der Waals surface area contributed by atoms with Gasteiger partial charge in [-0.25, -0.2) is 4.79 Å². The minimum absolute atomic E-state index is 0.422. The van der Waals surface area contributed by atoms with Crippen LogP contribution in [0.1, 0.15) is 5.69 Å². The van der Waals surface area contributed by atoms with Crippen LogP contribution < -0.4 is 9.47 Å². The van der Waals surface area contributed by atoms with E-state index in [4.69, 9.17) is 9.47 Å². The van der Waals surface area contributed by atoms with Crippen molar-refractivity contribution in [2.45, 2.75) is 6.92 Å². The number of amides is 1. The first-order valence-electron chi connectivity index (χ1n) is 5.86. The molecule has 0 atom stereocenters. The smallest absolute Gasteiger partial charge is 0.414 e. The maximum Gasteiger partial charge on any atom is 0.414 e. The topological polar surface area (TPSA) is 51.7 Å². The first-order chi connectivity index (χ1) is 9.01. The van der Waals surface area contributed by atoms with Crippen LogP contribution in [0.25, 0.3) is 10.9 Å². The van der Waals surface area contributed by atoms with Gasteiger partial charge >= 0.3 is 6.09 Å². The Labute approximate surface area is 111 Å². The normalized spacial score (nSPS) is 10.3. The lowest BCUT2D eigenvalue weighted by Gasteiger charge is -2.13.